The van der Waals surface area contributed by atoms with Crippen LogP contribution in [-0.2, 0) is 4.74 Å². The van der Waals surface area contributed by atoms with Crippen LogP contribution in [0.25, 0.3) is 0 Å². The van der Waals surface area contributed by atoms with E-state index in [1.54, 1.807) is 0 Å². The Labute approximate surface area is 118 Å². The lowest BCUT2D eigenvalue weighted by molar-refractivity contribution is -0.0107. The second kappa shape index (κ2) is 7.05. The third kappa shape index (κ3) is 4.73. The zero-order chi connectivity index (χ0) is 13.7. The quantitative estimate of drug-likeness (QED) is 0.779. The molecule has 0 radical (unpaired) electrons. The van der Waals surface area contributed by atoms with Gasteiger partial charge in [0.1, 0.15) is 0 Å². The Kier molecular flexibility index (Phi) is 5.67. The second-order valence-corrected chi connectivity index (χ2v) is 7.14. The number of hydrogen-bond acceptors (Lipinski definition) is 3. The number of likely N-dealkylation sites (tertiary alicyclic amines) is 1. The van der Waals surface area contributed by atoms with Gasteiger partial charge in [-0.1, -0.05) is 13.8 Å². The minimum atomic E-state index is 0.489. The summed E-state index contributed by atoms with van der Waals surface area (Å²) in [6.07, 6.45) is 9.49. The molecule has 0 atom stereocenters. The van der Waals surface area contributed by atoms with Gasteiger partial charge in [-0.15, -0.1) is 0 Å². The first-order valence-electron chi connectivity index (χ1n) is 8.16. The fourth-order valence-corrected chi connectivity index (χ4v) is 3.49. The van der Waals surface area contributed by atoms with Gasteiger partial charge >= 0.3 is 0 Å². The van der Waals surface area contributed by atoms with E-state index in [2.05, 4.69) is 18.7 Å². The van der Waals surface area contributed by atoms with Crippen LogP contribution in [0, 0.1) is 5.41 Å². The third-order valence-electron chi connectivity index (χ3n) is 5.00. The van der Waals surface area contributed by atoms with Crippen molar-refractivity contribution in [1.82, 2.24) is 4.90 Å². The topological polar surface area (TPSA) is 38.5 Å². The molecule has 1 aliphatic carbocycles. The Hall–Kier alpha value is -0.120. The minimum Gasteiger partial charge on any atom is -0.378 e. The van der Waals surface area contributed by atoms with Crippen LogP contribution >= 0.6 is 0 Å². The number of hydrogen-bond donors (Lipinski definition) is 1. The highest BCUT2D eigenvalue weighted by Crippen LogP contribution is 2.37. The van der Waals surface area contributed by atoms with Crippen LogP contribution in [0.3, 0.4) is 0 Å². The van der Waals surface area contributed by atoms with Crippen molar-refractivity contribution in [2.45, 2.75) is 70.9 Å². The summed E-state index contributed by atoms with van der Waals surface area (Å²) in [7, 11) is 0. The maximum absolute atomic E-state index is 5.89. The average Bonchev–Trinajstić information content (AvgIpc) is 2.40. The predicted octanol–water partition coefficient (Wildman–Crippen LogP) is 2.79. The maximum atomic E-state index is 5.89. The van der Waals surface area contributed by atoms with Gasteiger partial charge in [-0.05, 0) is 56.9 Å². The van der Waals surface area contributed by atoms with E-state index in [-0.39, 0.29) is 0 Å². The van der Waals surface area contributed by atoms with E-state index < -0.39 is 0 Å². The lowest BCUT2D eigenvalue weighted by atomic mass is 9.75. The molecule has 112 valence electrons. The Morgan fingerprint density at radius 1 is 1.11 bits per heavy atom. The minimum absolute atomic E-state index is 0.489. The fraction of sp³-hybridized carbons (Fsp3) is 1.00. The molecule has 1 saturated carbocycles. The molecule has 0 aromatic rings. The van der Waals surface area contributed by atoms with E-state index in [4.69, 9.17) is 10.5 Å². The van der Waals surface area contributed by atoms with Gasteiger partial charge in [0.15, 0.2) is 0 Å². The summed E-state index contributed by atoms with van der Waals surface area (Å²) in [5.41, 5.74) is 6.08. The molecule has 3 nitrogen and oxygen atoms in total. The van der Waals surface area contributed by atoms with Crippen molar-refractivity contribution in [2.24, 2.45) is 11.1 Å². The highest BCUT2D eigenvalue weighted by molar-refractivity contribution is 4.86. The Morgan fingerprint density at radius 2 is 1.74 bits per heavy atom. The molecule has 0 bridgehead atoms. The molecule has 19 heavy (non-hydrogen) atoms. The molecule has 1 heterocycles. The Balaban J connectivity index is 1.66. The van der Waals surface area contributed by atoms with E-state index in [1.165, 1.54) is 51.6 Å². The van der Waals surface area contributed by atoms with Crippen molar-refractivity contribution in [3.8, 4) is 0 Å². The molecule has 3 heteroatoms. The number of piperidine rings is 1. The van der Waals surface area contributed by atoms with E-state index in [1.807, 2.05) is 0 Å². The fourth-order valence-electron chi connectivity index (χ4n) is 3.49. The summed E-state index contributed by atoms with van der Waals surface area (Å²) in [6, 6.07) is 0.845. The Morgan fingerprint density at radius 3 is 2.32 bits per heavy atom. The first kappa shape index (κ1) is 15.3. The molecular formula is C16H32N2O. The molecule has 0 aromatic heterocycles. The molecule has 2 rings (SSSR count). The van der Waals surface area contributed by atoms with Crippen molar-refractivity contribution < 1.29 is 4.74 Å². The van der Waals surface area contributed by atoms with Crippen LogP contribution in [0.1, 0.15) is 58.8 Å². The van der Waals surface area contributed by atoms with Gasteiger partial charge in [0.2, 0.25) is 0 Å². The van der Waals surface area contributed by atoms with E-state index in [9.17, 15) is 0 Å². The molecule has 1 saturated heterocycles. The van der Waals surface area contributed by atoms with Crippen LogP contribution in [-0.4, -0.2) is 43.3 Å². The van der Waals surface area contributed by atoms with Crippen LogP contribution < -0.4 is 5.73 Å². The van der Waals surface area contributed by atoms with Gasteiger partial charge in [-0.3, -0.25) is 0 Å². The highest BCUT2D eigenvalue weighted by Gasteiger charge is 2.31. The van der Waals surface area contributed by atoms with E-state index >= 15 is 0 Å². The molecule has 0 aromatic carbocycles. The lowest BCUT2D eigenvalue weighted by Crippen LogP contribution is -2.45. The first-order chi connectivity index (χ1) is 9.11. The van der Waals surface area contributed by atoms with Crippen molar-refractivity contribution in [2.75, 3.05) is 26.2 Å². The average molecular weight is 268 g/mol. The first-order valence-corrected chi connectivity index (χ1v) is 8.16. The molecule has 0 amide bonds. The number of rotatable bonds is 5. The van der Waals surface area contributed by atoms with Gasteiger partial charge in [0.05, 0.1) is 6.10 Å². The molecule has 0 spiro atoms. The summed E-state index contributed by atoms with van der Waals surface area (Å²) in [5, 5.41) is 0. The number of nitrogens with two attached hydrogens (primary N) is 1. The number of ether oxygens (including phenoxy) is 1. The summed E-state index contributed by atoms with van der Waals surface area (Å²) in [6.45, 7) is 8.90. The standard InChI is InChI=1S/C16H32N2O/c1-16(2)8-4-14(5-9-16)18-11-6-15(7-12-18)19-13-3-10-17/h14-15H,3-13,17H2,1-2H3. The van der Waals surface area contributed by atoms with E-state index in [0.717, 1.165) is 25.6 Å². The molecule has 2 N–H and O–H groups in total. The number of nitrogens with zero attached hydrogens (tertiary/aromatic N) is 1. The predicted molar refractivity (Wildman–Crippen MR) is 80.3 cm³/mol. The van der Waals surface area contributed by atoms with Crippen molar-refractivity contribution in [3.63, 3.8) is 0 Å². The molecular weight excluding hydrogens is 236 g/mol. The summed E-state index contributed by atoms with van der Waals surface area (Å²) >= 11 is 0. The van der Waals surface area contributed by atoms with Crippen LogP contribution in [0.5, 0.6) is 0 Å². The summed E-state index contributed by atoms with van der Waals surface area (Å²) < 4.78 is 5.89. The Bertz CT molecular complexity index is 249. The molecule has 1 aliphatic heterocycles. The molecule has 2 fully saturated rings. The van der Waals surface area contributed by atoms with Crippen molar-refractivity contribution in [1.29, 1.82) is 0 Å². The molecule has 0 unspecified atom stereocenters. The van der Waals surface area contributed by atoms with Gasteiger partial charge in [0, 0.05) is 25.7 Å². The maximum Gasteiger partial charge on any atom is 0.0599 e. The van der Waals surface area contributed by atoms with Crippen LogP contribution in [0.15, 0.2) is 0 Å². The van der Waals surface area contributed by atoms with Gasteiger partial charge < -0.3 is 15.4 Å². The monoisotopic (exact) mass is 268 g/mol. The summed E-state index contributed by atoms with van der Waals surface area (Å²) in [5.74, 6) is 0. The van der Waals surface area contributed by atoms with Crippen molar-refractivity contribution in [3.05, 3.63) is 0 Å². The van der Waals surface area contributed by atoms with Crippen molar-refractivity contribution >= 4 is 0 Å². The third-order valence-corrected chi connectivity index (χ3v) is 5.00. The van der Waals surface area contributed by atoms with Gasteiger partial charge in [-0.25, -0.2) is 0 Å². The summed E-state index contributed by atoms with van der Waals surface area (Å²) in [4.78, 5) is 2.72. The highest BCUT2D eigenvalue weighted by atomic mass is 16.5. The zero-order valence-corrected chi connectivity index (χ0v) is 12.9. The molecule has 2 aliphatic rings. The SMILES string of the molecule is CC1(C)CCC(N2CCC(OCCCN)CC2)CC1. The largest absolute Gasteiger partial charge is 0.378 e. The van der Waals surface area contributed by atoms with Crippen LogP contribution in [0.4, 0.5) is 0 Å². The van der Waals surface area contributed by atoms with Crippen LogP contribution in [0.2, 0.25) is 0 Å². The van der Waals surface area contributed by atoms with Gasteiger partial charge in [0.25, 0.3) is 0 Å². The lowest BCUT2D eigenvalue weighted by Gasteiger charge is -2.43. The zero-order valence-electron chi connectivity index (χ0n) is 12.9. The normalized spacial score (nSPS) is 26.7. The van der Waals surface area contributed by atoms with Gasteiger partial charge in [-0.2, -0.15) is 0 Å². The van der Waals surface area contributed by atoms with E-state index in [0.29, 0.717) is 11.5 Å². The second-order valence-electron chi connectivity index (χ2n) is 7.14. The smallest absolute Gasteiger partial charge is 0.0599 e.